The van der Waals surface area contributed by atoms with Gasteiger partial charge in [0.25, 0.3) is 0 Å². The molecular formula is C26H30N2O6. The number of carboxylic acids is 1. The highest BCUT2D eigenvalue weighted by Crippen LogP contribution is 2.44. The van der Waals surface area contributed by atoms with E-state index in [0.29, 0.717) is 12.8 Å². The van der Waals surface area contributed by atoms with E-state index in [1.165, 1.54) is 0 Å². The average molecular weight is 467 g/mol. The Kier molecular flexibility index (Phi) is 6.88. The van der Waals surface area contributed by atoms with E-state index in [2.05, 4.69) is 22.8 Å². The first kappa shape index (κ1) is 23.8. The minimum atomic E-state index is -1.10. The number of ether oxygens (including phenoxy) is 2. The van der Waals surface area contributed by atoms with Gasteiger partial charge in [-0.2, -0.15) is 0 Å². The Bertz CT molecular complexity index is 1040. The molecule has 0 bridgehead atoms. The minimum Gasteiger partial charge on any atom is -0.480 e. The van der Waals surface area contributed by atoms with Crippen LogP contribution in [0.15, 0.2) is 48.5 Å². The Labute approximate surface area is 198 Å². The third-order valence-electron chi connectivity index (χ3n) is 6.79. The van der Waals surface area contributed by atoms with Crippen molar-refractivity contribution >= 4 is 18.0 Å². The molecule has 34 heavy (non-hydrogen) atoms. The molecule has 4 rings (SSSR count). The number of amides is 2. The molecule has 3 unspecified atom stereocenters. The summed E-state index contributed by atoms with van der Waals surface area (Å²) in [4.78, 5) is 37.1. The molecule has 3 N–H and O–H groups in total. The summed E-state index contributed by atoms with van der Waals surface area (Å²) in [5.74, 6) is -1.62. The number of alkyl carbamates (subject to hydrolysis) is 1. The lowest BCUT2D eigenvalue weighted by Gasteiger charge is -2.30. The monoisotopic (exact) mass is 466 g/mol. The van der Waals surface area contributed by atoms with Crippen LogP contribution >= 0.6 is 0 Å². The first-order valence-electron chi connectivity index (χ1n) is 11.6. The lowest BCUT2D eigenvalue weighted by molar-refractivity contribution is -0.144. The van der Waals surface area contributed by atoms with Crippen LogP contribution < -0.4 is 10.6 Å². The fourth-order valence-corrected chi connectivity index (χ4v) is 4.75. The third kappa shape index (κ3) is 4.50. The average Bonchev–Trinajstić information content (AvgIpc) is 3.36. The molecule has 0 aromatic heterocycles. The summed E-state index contributed by atoms with van der Waals surface area (Å²) >= 11 is 0. The maximum Gasteiger partial charge on any atom is 0.407 e. The van der Waals surface area contributed by atoms with Crippen molar-refractivity contribution in [3.63, 3.8) is 0 Å². The van der Waals surface area contributed by atoms with Crippen LogP contribution in [-0.4, -0.2) is 55.0 Å². The molecule has 2 aliphatic rings. The number of aliphatic carboxylic acids is 1. The third-order valence-corrected chi connectivity index (χ3v) is 6.79. The van der Waals surface area contributed by atoms with Crippen molar-refractivity contribution in [1.29, 1.82) is 0 Å². The number of carbonyl (C=O) groups excluding carboxylic acids is 2. The standard InChI is InChI=1S/C26H30N2O6/c1-3-8-21(23(29)30)27-24(31)26(2)15-33-14-22(26)28-25(32)34-13-20-18-11-6-4-9-16(18)17-10-5-7-12-19(17)20/h4-7,9-12,20-22H,3,8,13-15H2,1-2H3,(H,27,31)(H,28,32)(H,29,30). The number of hydrogen-bond acceptors (Lipinski definition) is 5. The quantitative estimate of drug-likeness (QED) is 0.550. The van der Waals surface area contributed by atoms with E-state index in [4.69, 9.17) is 9.47 Å². The second-order valence-electron chi connectivity index (χ2n) is 9.11. The maximum absolute atomic E-state index is 12.9. The van der Waals surface area contributed by atoms with Crippen LogP contribution in [-0.2, 0) is 19.1 Å². The molecular weight excluding hydrogens is 436 g/mol. The van der Waals surface area contributed by atoms with Gasteiger partial charge in [-0.3, -0.25) is 4.79 Å². The summed E-state index contributed by atoms with van der Waals surface area (Å²) in [6.07, 6.45) is 0.300. The molecule has 180 valence electrons. The SMILES string of the molecule is CCCC(NC(=O)C1(C)COCC1NC(=O)OCC1c2ccccc2-c2ccccc21)C(=O)O. The number of benzene rings is 2. The Hall–Kier alpha value is -3.39. The number of fused-ring (bicyclic) bond motifs is 3. The Morgan fingerprint density at radius 1 is 1.12 bits per heavy atom. The molecule has 0 radical (unpaired) electrons. The van der Waals surface area contributed by atoms with Gasteiger partial charge in [-0.05, 0) is 35.6 Å². The summed E-state index contributed by atoms with van der Waals surface area (Å²) in [5, 5.41) is 14.7. The van der Waals surface area contributed by atoms with Gasteiger partial charge in [-0.25, -0.2) is 9.59 Å². The zero-order valence-electron chi connectivity index (χ0n) is 19.4. The van der Waals surface area contributed by atoms with Crippen molar-refractivity contribution in [3.05, 3.63) is 59.7 Å². The Morgan fingerprint density at radius 3 is 2.32 bits per heavy atom. The molecule has 2 aromatic carbocycles. The van der Waals surface area contributed by atoms with Crippen molar-refractivity contribution in [3.8, 4) is 11.1 Å². The van der Waals surface area contributed by atoms with E-state index >= 15 is 0 Å². The van der Waals surface area contributed by atoms with Gasteiger partial charge in [0.2, 0.25) is 5.91 Å². The molecule has 8 heteroatoms. The summed E-state index contributed by atoms with van der Waals surface area (Å²) in [6, 6.07) is 14.5. The summed E-state index contributed by atoms with van der Waals surface area (Å²) in [7, 11) is 0. The largest absolute Gasteiger partial charge is 0.480 e. The van der Waals surface area contributed by atoms with E-state index in [1.54, 1.807) is 6.92 Å². The molecule has 1 saturated heterocycles. The van der Waals surface area contributed by atoms with E-state index in [1.807, 2.05) is 43.3 Å². The number of nitrogens with one attached hydrogen (secondary N) is 2. The highest BCUT2D eigenvalue weighted by atomic mass is 16.5. The zero-order valence-corrected chi connectivity index (χ0v) is 19.4. The molecule has 3 atom stereocenters. The van der Waals surface area contributed by atoms with Crippen molar-refractivity contribution in [2.45, 2.75) is 44.7 Å². The summed E-state index contributed by atoms with van der Waals surface area (Å²) in [5.41, 5.74) is 3.40. The topological polar surface area (TPSA) is 114 Å². The van der Waals surface area contributed by atoms with Gasteiger partial charge < -0.3 is 25.2 Å². The van der Waals surface area contributed by atoms with Crippen LogP contribution in [0.1, 0.15) is 43.7 Å². The fourth-order valence-electron chi connectivity index (χ4n) is 4.75. The van der Waals surface area contributed by atoms with E-state index in [-0.39, 0.29) is 25.7 Å². The zero-order chi connectivity index (χ0) is 24.3. The lowest BCUT2D eigenvalue weighted by Crippen LogP contribution is -2.56. The van der Waals surface area contributed by atoms with E-state index in [9.17, 15) is 19.5 Å². The number of carboxylic acid groups (broad SMARTS) is 1. The van der Waals surface area contributed by atoms with Gasteiger partial charge in [-0.15, -0.1) is 0 Å². The van der Waals surface area contributed by atoms with Gasteiger partial charge in [0.1, 0.15) is 12.6 Å². The van der Waals surface area contributed by atoms with E-state index in [0.717, 1.165) is 22.3 Å². The summed E-state index contributed by atoms with van der Waals surface area (Å²) in [6.45, 7) is 3.89. The van der Waals surface area contributed by atoms with Crippen LogP contribution in [0.25, 0.3) is 11.1 Å². The molecule has 2 amide bonds. The first-order chi connectivity index (χ1) is 16.3. The van der Waals surface area contributed by atoms with Crippen LogP contribution in [0.2, 0.25) is 0 Å². The van der Waals surface area contributed by atoms with Crippen LogP contribution in [0.3, 0.4) is 0 Å². The lowest BCUT2D eigenvalue weighted by atomic mass is 9.84. The van der Waals surface area contributed by atoms with Crippen molar-refractivity contribution in [2.75, 3.05) is 19.8 Å². The fraction of sp³-hybridized carbons (Fsp3) is 0.423. The van der Waals surface area contributed by atoms with Crippen LogP contribution in [0.4, 0.5) is 4.79 Å². The molecule has 0 saturated carbocycles. The van der Waals surface area contributed by atoms with Gasteiger partial charge in [-0.1, -0.05) is 61.9 Å². The second-order valence-corrected chi connectivity index (χ2v) is 9.11. The first-order valence-corrected chi connectivity index (χ1v) is 11.6. The molecule has 2 aromatic rings. The smallest absolute Gasteiger partial charge is 0.407 e. The van der Waals surface area contributed by atoms with Crippen molar-refractivity contribution in [1.82, 2.24) is 10.6 Å². The molecule has 0 spiro atoms. The molecule has 1 heterocycles. The molecule has 8 nitrogen and oxygen atoms in total. The second kappa shape index (κ2) is 9.85. The van der Waals surface area contributed by atoms with Gasteiger partial charge in [0, 0.05) is 5.92 Å². The van der Waals surface area contributed by atoms with Crippen molar-refractivity contribution in [2.24, 2.45) is 5.41 Å². The highest BCUT2D eigenvalue weighted by molar-refractivity contribution is 5.88. The normalized spacial score (nSPS) is 21.9. The summed E-state index contributed by atoms with van der Waals surface area (Å²) < 4.78 is 11.1. The predicted molar refractivity (Wildman–Crippen MR) is 125 cm³/mol. The molecule has 1 fully saturated rings. The number of rotatable bonds is 8. The van der Waals surface area contributed by atoms with Crippen LogP contribution in [0, 0.1) is 5.41 Å². The Morgan fingerprint density at radius 2 is 1.74 bits per heavy atom. The number of carbonyl (C=O) groups is 3. The Balaban J connectivity index is 1.40. The minimum absolute atomic E-state index is 0.0713. The van der Waals surface area contributed by atoms with Crippen LogP contribution in [0.5, 0.6) is 0 Å². The van der Waals surface area contributed by atoms with E-state index < -0.39 is 35.5 Å². The maximum atomic E-state index is 12.9. The van der Waals surface area contributed by atoms with Gasteiger partial charge in [0.05, 0.1) is 24.7 Å². The van der Waals surface area contributed by atoms with Gasteiger partial charge in [0.15, 0.2) is 0 Å². The number of hydrogen-bond donors (Lipinski definition) is 3. The van der Waals surface area contributed by atoms with Crippen molar-refractivity contribution < 1.29 is 29.0 Å². The predicted octanol–water partition coefficient (Wildman–Crippen LogP) is 3.30. The molecule has 1 aliphatic heterocycles. The van der Waals surface area contributed by atoms with Gasteiger partial charge >= 0.3 is 12.1 Å². The highest BCUT2D eigenvalue weighted by Gasteiger charge is 2.48. The molecule has 1 aliphatic carbocycles.